The van der Waals surface area contributed by atoms with E-state index in [1.807, 2.05) is 11.8 Å². The molecule has 2 heterocycles. The highest BCUT2D eigenvalue weighted by molar-refractivity contribution is 7.17. The second kappa shape index (κ2) is 7.47. The van der Waals surface area contributed by atoms with E-state index < -0.39 is 0 Å². The smallest absolute Gasteiger partial charge is 0.257 e. The molecule has 2 aliphatic rings. The number of hydrogen-bond donors (Lipinski definition) is 1. The van der Waals surface area contributed by atoms with Gasteiger partial charge in [0, 0.05) is 24.4 Å². The number of piperidine rings is 1. The molecule has 0 spiro atoms. The lowest BCUT2D eigenvalue weighted by atomic mass is 9.94. The van der Waals surface area contributed by atoms with Gasteiger partial charge in [0.15, 0.2) is 0 Å². The van der Waals surface area contributed by atoms with Crippen LogP contribution in [0, 0.1) is 0 Å². The molecule has 0 bridgehead atoms. The topological polar surface area (TPSA) is 49.4 Å². The van der Waals surface area contributed by atoms with E-state index in [0.717, 1.165) is 62.2 Å². The molecule has 2 amide bonds. The molecule has 0 unspecified atom stereocenters. The molecule has 0 atom stereocenters. The number of nitrogens with one attached hydrogen (secondary N) is 1. The summed E-state index contributed by atoms with van der Waals surface area (Å²) >= 11 is 1.63. The minimum absolute atomic E-state index is 0.0267. The van der Waals surface area contributed by atoms with Crippen LogP contribution in [0.3, 0.4) is 0 Å². The maximum absolute atomic E-state index is 13.1. The van der Waals surface area contributed by atoms with E-state index in [1.165, 1.54) is 23.3 Å². The Morgan fingerprint density at radius 2 is 1.83 bits per heavy atom. The lowest BCUT2D eigenvalue weighted by Gasteiger charge is -2.27. The summed E-state index contributed by atoms with van der Waals surface area (Å²) in [4.78, 5) is 28.4. The van der Waals surface area contributed by atoms with Crippen LogP contribution in [0.2, 0.25) is 0 Å². The summed E-state index contributed by atoms with van der Waals surface area (Å²) in [6.45, 7) is 3.70. The minimum atomic E-state index is 0.0267. The molecule has 0 aromatic carbocycles. The standard InChI is InChI=1S/C18H26N2O2S/c1-2-8-15(21)19-17-16(13-9-4-5-10-14(13)23-17)18(22)20-11-6-3-7-12-20/h2-12H2,1H3,(H,19,21). The first-order valence-corrected chi connectivity index (χ1v) is 9.76. The van der Waals surface area contributed by atoms with Crippen molar-refractivity contribution < 1.29 is 9.59 Å². The minimum Gasteiger partial charge on any atom is -0.339 e. The molecule has 1 saturated heterocycles. The third-order valence-electron chi connectivity index (χ3n) is 4.76. The second-order valence-corrected chi connectivity index (χ2v) is 7.67. The Kier molecular flexibility index (Phi) is 5.36. The summed E-state index contributed by atoms with van der Waals surface area (Å²) in [5, 5.41) is 3.82. The number of anilines is 1. The van der Waals surface area contributed by atoms with Gasteiger partial charge in [0.2, 0.25) is 5.91 Å². The molecule has 3 rings (SSSR count). The maximum atomic E-state index is 13.1. The third-order valence-corrected chi connectivity index (χ3v) is 5.97. The zero-order valence-electron chi connectivity index (χ0n) is 14.0. The van der Waals surface area contributed by atoms with Crippen molar-refractivity contribution in [1.82, 2.24) is 4.90 Å². The van der Waals surface area contributed by atoms with Crippen molar-refractivity contribution >= 4 is 28.2 Å². The normalized spacial score (nSPS) is 17.7. The van der Waals surface area contributed by atoms with Crippen LogP contribution < -0.4 is 5.32 Å². The zero-order chi connectivity index (χ0) is 16.2. The first-order chi connectivity index (χ1) is 11.2. The number of carbonyl (C=O) groups excluding carboxylic acids is 2. The van der Waals surface area contributed by atoms with E-state index >= 15 is 0 Å². The third kappa shape index (κ3) is 3.60. The molecule has 0 saturated carbocycles. The Hall–Kier alpha value is -1.36. The van der Waals surface area contributed by atoms with Gasteiger partial charge >= 0.3 is 0 Å². The summed E-state index contributed by atoms with van der Waals surface area (Å²) in [7, 11) is 0. The predicted octanol–water partition coefficient (Wildman–Crippen LogP) is 3.99. The van der Waals surface area contributed by atoms with Gasteiger partial charge in [-0.05, 0) is 56.9 Å². The highest BCUT2D eigenvalue weighted by Crippen LogP contribution is 2.39. The number of thiophene rings is 1. The number of aryl methyl sites for hydroxylation is 1. The monoisotopic (exact) mass is 334 g/mol. The fourth-order valence-corrected chi connectivity index (χ4v) is 4.85. The van der Waals surface area contributed by atoms with Crippen molar-refractivity contribution in [2.75, 3.05) is 18.4 Å². The molecule has 1 N–H and O–H groups in total. The maximum Gasteiger partial charge on any atom is 0.257 e. The molecule has 1 aliphatic heterocycles. The van der Waals surface area contributed by atoms with Crippen molar-refractivity contribution in [3.8, 4) is 0 Å². The molecule has 4 nitrogen and oxygen atoms in total. The molecule has 1 aromatic heterocycles. The number of amides is 2. The molecule has 1 aromatic rings. The van der Waals surface area contributed by atoms with Crippen LogP contribution >= 0.6 is 11.3 Å². The fraction of sp³-hybridized carbons (Fsp3) is 0.667. The van der Waals surface area contributed by atoms with E-state index in [1.54, 1.807) is 11.3 Å². The Morgan fingerprint density at radius 3 is 2.57 bits per heavy atom. The average Bonchev–Trinajstić information content (AvgIpc) is 2.93. The van der Waals surface area contributed by atoms with Gasteiger partial charge in [0.25, 0.3) is 5.91 Å². The van der Waals surface area contributed by atoms with E-state index in [9.17, 15) is 9.59 Å². The quantitative estimate of drug-likeness (QED) is 0.905. The van der Waals surface area contributed by atoms with Gasteiger partial charge in [-0.3, -0.25) is 9.59 Å². The van der Waals surface area contributed by atoms with Gasteiger partial charge in [-0.1, -0.05) is 6.92 Å². The van der Waals surface area contributed by atoms with Crippen LogP contribution in [-0.4, -0.2) is 29.8 Å². The van der Waals surface area contributed by atoms with E-state index in [2.05, 4.69) is 5.32 Å². The van der Waals surface area contributed by atoms with Gasteiger partial charge in [-0.15, -0.1) is 11.3 Å². The van der Waals surface area contributed by atoms with Gasteiger partial charge in [-0.2, -0.15) is 0 Å². The molecule has 1 fully saturated rings. The number of rotatable bonds is 4. The van der Waals surface area contributed by atoms with Crippen molar-refractivity contribution in [3.63, 3.8) is 0 Å². The van der Waals surface area contributed by atoms with Crippen molar-refractivity contribution in [3.05, 3.63) is 16.0 Å². The highest BCUT2D eigenvalue weighted by atomic mass is 32.1. The van der Waals surface area contributed by atoms with Crippen LogP contribution in [0.15, 0.2) is 0 Å². The molecular weight excluding hydrogens is 308 g/mol. The van der Waals surface area contributed by atoms with Crippen molar-refractivity contribution in [2.24, 2.45) is 0 Å². The Labute approximate surface area is 142 Å². The predicted molar refractivity (Wildman–Crippen MR) is 94.3 cm³/mol. The number of fused-ring (bicyclic) bond motifs is 1. The lowest BCUT2D eigenvalue weighted by molar-refractivity contribution is -0.116. The van der Waals surface area contributed by atoms with Crippen LogP contribution in [-0.2, 0) is 17.6 Å². The van der Waals surface area contributed by atoms with Gasteiger partial charge in [0.05, 0.1) is 5.56 Å². The molecule has 23 heavy (non-hydrogen) atoms. The first kappa shape index (κ1) is 16.5. The number of hydrogen-bond acceptors (Lipinski definition) is 3. The molecule has 0 radical (unpaired) electrons. The SMILES string of the molecule is CCCC(=O)Nc1sc2c(c1C(=O)N1CCCCC1)CCCC2. The van der Waals surface area contributed by atoms with Gasteiger partial charge in [-0.25, -0.2) is 0 Å². The van der Waals surface area contributed by atoms with Gasteiger partial charge < -0.3 is 10.2 Å². The number of nitrogens with zero attached hydrogens (tertiary/aromatic N) is 1. The van der Waals surface area contributed by atoms with Crippen LogP contribution in [0.25, 0.3) is 0 Å². The summed E-state index contributed by atoms with van der Waals surface area (Å²) in [6, 6.07) is 0. The molecular formula is C18H26N2O2S. The number of carbonyl (C=O) groups is 2. The van der Waals surface area contributed by atoms with Gasteiger partial charge in [0.1, 0.15) is 5.00 Å². The van der Waals surface area contributed by atoms with Crippen molar-refractivity contribution in [1.29, 1.82) is 0 Å². The summed E-state index contributed by atoms with van der Waals surface area (Å²) in [5.41, 5.74) is 2.01. The average molecular weight is 334 g/mol. The van der Waals surface area contributed by atoms with Crippen molar-refractivity contribution in [2.45, 2.75) is 64.7 Å². The van der Waals surface area contributed by atoms with Crippen LogP contribution in [0.4, 0.5) is 5.00 Å². The highest BCUT2D eigenvalue weighted by Gasteiger charge is 2.29. The lowest BCUT2D eigenvalue weighted by Crippen LogP contribution is -2.36. The van der Waals surface area contributed by atoms with Crippen LogP contribution in [0.5, 0.6) is 0 Å². The summed E-state index contributed by atoms with van der Waals surface area (Å²) < 4.78 is 0. The molecule has 126 valence electrons. The summed E-state index contributed by atoms with van der Waals surface area (Å²) in [5.74, 6) is 0.162. The fourth-order valence-electron chi connectivity index (χ4n) is 3.55. The molecule has 1 aliphatic carbocycles. The van der Waals surface area contributed by atoms with Crippen LogP contribution in [0.1, 0.15) is 72.7 Å². The zero-order valence-corrected chi connectivity index (χ0v) is 14.8. The molecule has 5 heteroatoms. The number of likely N-dealkylation sites (tertiary alicyclic amines) is 1. The van der Waals surface area contributed by atoms with E-state index in [-0.39, 0.29) is 11.8 Å². The Bertz CT molecular complexity index is 588. The van der Waals surface area contributed by atoms with E-state index in [0.29, 0.717) is 6.42 Å². The largest absolute Gasteiger partial charge is 0.339 e. The first-order valence-electron chi connectivity index (χ1n) is 8.94. The second-order valence-electron chi connectivity index (χ2n) is 6.57. The Balaban J connectivity index is 1.90. The summed E-state index contributed by atoms with van der Waals surface area (Å²) in [6.07, 6.45) is 9.09. The Morgan fingerprint density at radius 1 is 1.09 bits per heavy atom. The van der Waals surface area contributed by atoms with E-state index in [4.69, 9.17) is 0 Å².